The predicted octanol–water partition coefficient (Wildman–Crippen LogP) is 1.85. The number of amides is 1. The Hall–Kier alpha value is -1.39. The number of nitrogens with two attached hydrogens (primary N) is 1. The lowest BCUT2D eigenvalue weighted by atomic mass is 9.89. The summed E-state index contributed by atoms with van der Waals surface area (Å²) in [6, 6.07) is 9.33. The number of benzene rings is 1. The zero-order valence-electron chi connectivity index (χ0n) is 12.6. The molecule has 0 saturated carbocycles. The third-order valence-corrected chi connectivity index (χ3v) is 3.67. The van der Waals surface area contributed by atoms with Crippen molar-refractivity contribution in [2.75, 3.05) is 13.2 Å². The lowest BCUT2D eigenvalue weighted by Crippen LogP contribution is -2.40. The topological polar surface area (TPSA) is 75.3 Å². The number of rotatable bonds is 7. The van der Waals surface area contributed by atoms with Crippen molar-refractivity contribution in [2.45, 2.75) is 33.2 Å². The lowest BCUT2D eigenvalue weighted by Gasteiger charge is -2.26. The second kappa shape index (κ2) is 7.41. The molecule has 0 aromatic heterocycles. The smallest absolute Gasteiger partial charge is 0.224 e. The van der Waals surface area contributed by atoms with Gasteiger partial charge in [0.1, 0.15) is 0 Å². The van der Waals surface area contributed by atoms with Gasteiger partial charge >= 0.3 is 0 Å². The Labute approximate surface area is 121 Å². The minimum absolute atomic E-state index is 0.0487. The standard InChI is InChI=1S/C16H26N2O2/c1-12(14(17)13-7-5-4-6-8-13)15(20)18-11-16(2,3)9-10-19/h4-8,12,14,19H,9-11,17H2,1-3H3,(H,18,20). The number of hydrogen-bond acceptors (Lipinski definition) is 3. The molecule has 0 aliphatic heterocycles. The quantitative estimate of drug-likeness (QED) is 0.712. The number of nitrogens with one attached hydrogen (secondary N) is 1. The van der Waals surface area contributed by atoms with Crippen molar-refractivity contribution < 1.29 is 9.90 Å². The third kappa shape index (κ3) is 4.94. The van der Waals surface area contributed by atoms with Gasteiger partial charge < -0.3 is 16.2 Å². The van der Waals surface area contributed by atoms with Gasteiger partial charge in [0.25, 0.3) is 0 Å². The van der Waals surface area contributed by atoms with Crippen molar-refractivity contribution in [1.82, 2.24) is 5.32 Å². The fourth-order valence-corrected chi connectivity index (χ4v) is 2.01. The minimum atomic E-state index is -0.308. The maximum Gasteiger partial charge on any atom is 0.224 e. The summed E-state index contributed by atoms with van der Waals surface area (Å²) in [6.45, 7) is 6.54. The molecule has 20 heavy (non-hydrogen) atoms. The molecular formula is C16H26N2O2. The number of carbonyl (C=O) groups is 1. The molecule has 2 atom stereocenters. The highest BCUT2D eigenvalue weighted by Crippen LogP contribution is 2.21. The summed E-state index contributed by atoms with van der Waals surface area (Å²) in [5.74, 6) is -0.338. The van der Waals surface area contributed by atoms with Crippen LogP contribution in [0.15, 0.2) is 30.3 Å². The zero-order chi connectivity index (χ0) is 15.2. The van der Waals surface area contributed by atoms with Crippen molar-refractivity contribution in [3.63, 3.8) is 0 Å². The molecule has 2 unspecified atom stereocenters. The van der Waals surface area contributed by atoms with Crippen LogP contribution in [0, 0.1) is 11.3 Å². The molecule has 1 aromatic carbocycles. The second-order valence-electron chi connectivity index (χ2n) is 6.08. The SMILES string of the molecule is CC(C(=O)NCC(C)(C)CCO)C(N)c1ccccc1. The first-order valence-electron chi connectivity index (χ1n) is 7.06. The lowest BCUT2D eigenvalue weighted by molar-refractivity contribution is -0.125. The highest BCUT2D eigenvalue weighted by Gasteiger charge is 2.24. The van der Waals surface area contributed by atoms with E-state index in [1.807, 2.05) is 51.1 Å². The van der Waals surface area contributed by atoms with Crippen LogP contribution in [0.2, 0.25) is 0 Å². The van der Waals surface area contributed by atoms with Gasteiger partial charge in [0.05, 0.1) is 5.92 Å². The van der Waals surface area contributed by atoms with Crippen LogP contribution in [-0.4, -0.2) is 24.2 Å². The van der Waals surface area contributed by atoms with E-state index in [-0.39, 0.29) is 29.9 Å². The molecular weight excluding hydrogens is 252 g/mol. The van der Waals surface area contributed by atoms with Crippen molar-refractivity contribution in [3.05, 3.63) is 35.9 Å². The van der Waals surface area contributed by atoms with E-state index in [0.717, 1.165) is 5.56 Å². The monoisotopic (exact) mass is 278 g/mol. The Morgan fingerprint density at radius 3 is 2.50 bits per heavy atom. The Kier molecular flexibility index (Phi) is 6.17. The molecule has 4 N–H and O–H groups in total. The summed E-state index contributed by atoms with van der Waals surface area (Å²) in [6.07, 6.45) is 0.659. The highest BCUT2D eigenvalue weighted by atomic mass is 16.3. The van der Waals surface area contributed by atoms with Crippen molar-refractivity contribution in [3.8, 4) is 0 Å². The first-order chi connectivity index (χ1) is 9.37. The molecule has 4 heteroatoms. The molecule has 0 bridgehead atoms. The Morgan fingerprint density at radius 2 is 1.95 bits per heavy atom. The zero-order valence-corrected chi connectivity index (χ0v) is 12.6. The molecule has 0 aliphatic carbocycles. The van der Waals surface area contributed by atoms with Crippen LogP contribution in [0.4, 0.5) is 0 Å². The van der Waals surface area contributed by atoms with E-state index in [2.05, 4.69) is 5.32 Å². The molecule has 112 valence electrons. The summed E-state index contributed by atoms with van der Waals surface area (Å²) >= 11 is 0. The summed E-state index contributed by atoms with van der Waals surface area (Å²) < 4.78 is 0. The molecule has 1 rings (SSSR count). The van der Waals surface area contributed by atoms with Crippen LogP contribution in [0.25, 0.3) is 0 Å². The number of hydrogen-bond donors (Lipinski definition) is 3. The minimum Gasteiger partial charge on any atom is -0.396 e. The maximum absolute atomic E-state index is 12.2. The van der Waals surface area contributed by atoms with Crippen LogP contribution in [0.1, 0.15) is 38.8 Å². The first-order valence-corrected chi connectivity index (χ1v) is 7.06. The third-order valence-electron chi connectivity index (χ3n) is 3.67. The van der Waals surface area contributed by atoms with Gasteiger partial charge in [-0.15, -0.1) is 0 Å². The molecule has 0 spiro atoms. The summed E-state index contributed by atoms with van der Waals surface area (Å²) in [4.78, 5) is 12.2. The van der Waals surface area contributed by atoms with Gasteiger partial charge in [-0.05, 0) is 17.4 Å². The Morgan fingerprint density at radius 1 is 1.35 bits per heavy atom. The second-order valence-corrected chi connectivity index (χ2v) is 6.08. The van der Waals surface area contributed by atoms with Gasteiger partial charge in [0.2, 0.25) is 5.91 Å². The van der Waals surface area contributed by atoms with Gasteiger partial charge in [0.15, 0.2) is 0 Å². The maximum atomic E-state index is 12.2. The fraction of sp³-hybridized carbons (Fsp3) is 0.562. The van der Waals surface area contributed by atoms with E-state index in [0.29, 0.717) is 13.0 Å². The van der Waals surface area contributed by atoms with Gasteiger partial charge in [-0.2, -0.15) is 0 Å². The van der Waals surface area contributed by atoms with E-state index in [1.54, 1.807) is 0 Å². The summed E-state index contributed by atoms with van der Waals surface area (Å²) in [5.41, 5.74) is 6.99. The highest BCUT2D eigenvalue weighted by molar-refractivity contribution is 5.79. The van der Waals surface area contributed by atoms with Crippen LogP contribution in [0.3, 0.4) is 0 Å². The largest absolute Gasteiger partial charge is 0.396 e. The van der Waals surface area contributed by atoms with E-state index in [1.165, 1.54) is 0 Å². The normalized spacial score (nSPS) is 14.7. The molecule has 0 heterocycles. The van der Waals surface area contributed by atoms with Crippen molar-refractivity contribution >= 4 is 5.91 Å². The van der Waals surface area contributed by atoms with E-state index in [4.69, 9.17) is 10.8 Å². The summed E-state index contributed by atoms with van der Waals surface area (Å²) in [7, 11) is 0. The van der Waals surface area contributed by atoms with E-state index >= 15 is 0 Å². The number of aliphatic hydroxyl groups excluding tert-OH is 1. The van der Waals surface area contributed by atoms with Crippen LogP contribution < -0.4 is 11.1 Å². The van der Waals surface area contributed by atoms with Gasteiger partial charge in [-0.1, -0.05) is 51.1 Å². The van der Waals surface area contributed by atoms with E-state index < -0.39 is 0 Å². The van der Waals surface area contributed by atoms with Crippen LogP contribution in [-0.2, 0) is 4.79 Å². The number of aliphatic hydroxyl groups is 1. The van der Waals surface area contributed by atoms with E-state index in [9.17, 15) is 4.79 Å². The molecule has 0 aliphatic rings. The van der Waals surface area contributed by atoms with Crippen LogP contribution >= 0.6 is 0 Å². The molecule has 0 saturated heterocycles. The molecule has 1 amide bonds. The van der Waals surface area contributed by atoms with Gasteiger partial charge in [-0.25, -0.2) is 0 Å². The Bertz CT molecular complexity index is 418. The molecule has 4 nitrogen and oxygen atoms in total. The average Bonchev–Trinajstić information content (AvgIpc) is 2.44. The van der Waals surface area contributed by atoms with Gasteiger partial charge in [0, 0.05) is 19.2 Å². The van der Waals surface area contributed by atoms with Crippen LogP contribution in [0.5, 0.6) is 0 Å². The fourth-order valence-electron chi connectivity index (χ4n) is 2.01. The Balaban J connectivity index is 2.55. The molecule has 0 fully saturated rings. The molecule has 1 aromatic rings. The van der Waals surface area contributed by atoms with Crippen molar-refractivity contribution in [2.24, 2.45) is 17.1 Å². The summed E-state index contributed by atoms with van der Waals surface area (Å²) in [5, 5.41) is 11.9. The predicted molar refractivity (Wildman–Crippen MR) is 81.0 cm³/mol. The first kappa shape index (κ1) is 16.7. The number of carbonyl (C=O) groups excluding carboxylic acids is 1. The van der Waals surface area contributed by atoms with Crippen molar-refractivity contribution in [1.29, 1.82) is 0 Å². The molecule has 0 radical (unpaired) electrons. The van der Waals surface area contributed by atoms with Gasteiger partial charge in [-0.3, -0.25) is 4.79 Å². The average molecular weight is 278 g/mol.